The second-order valence-corrected chi connectivity index (χ2v) is 6.66. The number of esters is 4. The van der Waals surface area contributed by atoms with E-state index in [1.165, 1.54) is 6.92 Å². The zero-order chi connectivity index (χ0) is 25.3. The maximum atomic E-state index is 11.3. The Morgan fingerprint density at radius 3 is 1.45 bits per heavy atom. The average molecular weight is 471 g/mol. The van der Waals surface area contributed by atoms with Gasteiger partial charge in [-0.15, -0.1) is 0 Å². The summed E-state index contributed by atoms with van der Waals surface area (Å²) in [5, 5.41) is 0. The number of hydrogen-bond donors (Lipinski definition) is 0. The molecule has 0 saturated carbocycles. The van der Waals surface area contributed by atoms with Gasteiger partial charge in [-0.05, 0) is 26.7 Å². The molecule has 183 valence electrons. The van der Waals surface area contributed by atoms with Crippen LogP contribution in [0.25, 0.3) is 0 Å². The molecule has 1 radical (unpaired) electrons. The second kappa shape index (κ2) is 12.5. The van der Waals surface area contributed by atoms with Gasteiger partial charge in [-0.3, -0.25) is 19.2 Å². The molecule has 0 amide bonds. The van der Waals surface area contributed by atoms with Crippen LogP contribution in [0.1, 0.15) is 27.7 Å². The molecule has 1 heterocycles. The lowest BCUT2D eigenvalue weighted by Gasteiger charge is -2.44. The maximum Gasteiger partial charge on any atom is 0.310 e. The SMILES string of the molecule is [CH2][C@H]1O[C@H](COC(C)=O)[C@H](OC(=C)OC(C)=O)[C@H](OC(=C)OC(C)=O)[C@H]1OC(=C)OC(C)=O. The van der Waals surface area contributed by atoms with Crippen LogP contribution in [-0.2, 0) is 57.1 Å². The molecule has 1 aliphatic rings. The molecular weight excluding hydrogens is 444 g/mol. The third-order valence-corrected chi connectivity index (χ3v) is 3.76. The summed E-state index contributed by atoms with van der Waals surface area (Å²) in [5.41, 5.74) is 0. The van der Waals surface area contributed by atoms with E-state index in [0.717, 1.165) is 20.8 Å². The molecule has 33 heavy (non-hydrogen) atoms. The van der Waals surface area contributed by atoms with Crippen molar-refractivity contribution in [1.29, 1.82) is 0 Å². The summed E-state index contributed by atoms with van der Waals surface area (Å²) in [7, 11) is 0. The first-order chi connectivity index (χ1) is 15.3. The van der Waals surface area contributed by atoms with Crippen LogP contribution in [0, 0.1) is 6.92 Å². The molecule has 1 rings (SSSR count). The summed E-state index contributed by atoms with van der Waals surface area (Å²) in [4.78, 5) is 45.1. The van der Waals surface area contributed by atoms with E-state index in [2.05, 4.69) is 26.7 Å². The predicted molar refractivity (Wildman–Crippen MR) is 108 cm³/mol. The van der Waals surface area contributed by atoms with Crippen molar-refractivity contribution in [2.75, 3.05) is 6.61 Å². The smallest absolute Gasteiger partial charge is 0.310 e. The minimum atomic E-state index is -1.26. The second-order valence-electron chi connectivity index (χ2n) is 6.66. The highest BCUT2D eigenvalue weighted by Gasteiger charge is 2.50. The Labute approximate surface area is 191 Å². The standard InChI is InChI=1S/C21H27O12/c1-10-19(31-15(6)28-12(3)23)21(33-17(8)30-14(5)25)20(32-16(7)29-13(4)24)18(27-10)9-26-11(2)22/h10,18-21H,1,6-9H2,2-5H3/t10-,18-,19+,20+,21-/m1/s1. The van der Waals surface area contributed by atoms with E-state index in [-0.39, 0.29) is 6.61 Å². The number of carbonyl (C=O) groups excluding carboxylic acids is 4. The first kappa shape index (κ1) is 27.5. The van der Waals surface area contributed by atoms with Crippen molar-refractivity contribution in [2.24, 2.45) is 0 Å². The summed E-state index contributed by atoms with van der Waals surface area (Å²) in [5.74, 6) is -4.04. The normalized spacial score (nSPS) is 23.8. The van der Waals surface area contributed by atoms with E-state index < -0.39 is 72.2 Å². The highest BCUT2D eigenvalue weighted by atomic mass is 16.7. The first-order valence-electron chi connectivity index (χ1n) is 9.54. The molecule has 5 atom stereocenters. The molecule has 0 unspecified atom stereocenters. The number of hydrogen-bond acceptors (Lipinski definition) is 12. The Bertz CT molecular complexity index is 801. The predicted octanol–water partition coefficient (Wildman–Crippen LogP) is 1.41. The van der Waals surface area contributed by atoms with Gasteiger partial charge in [0.2, 0.25) is 0 Å². The van der Waals surface area contributed by atoms with Crippen LogP contribution in [0.2, 0.25) is 0 Å². The van der Waals surface area contributed by atoms with Gasteiger partial charge in [-0.25, -0.2) is 0 Å². The third kappa shape index (κ3) is 9.64. The van der Waals surface area contributed by atoms with Crippen molar-refractivity contribution in [1.82, 2.24) is 0 Å². The van der Waals surface area contributed by atoms with Crippen molar-refractivity contribution >= 4 is 23.9 Å². The molecule has 1 aliphatic heterocycles. The van der Waals surface area contributed by atoms with Crippen molar-refractivity contribution in [3.8, 4) is 0 Å². The zero-order valence-electron chi connectivity index (χ0n) is 18.8. The van der Waals surface area contributed by atoms with Crippen LogP contribution in [0.15, 0.2) is 37.6 Å². The Balaban J connectivity index is 3.31. The summed E-state index contributed by atoms with van der Waals surface area (Å²) in [6.07, 6.45) is -5.76. The molecule has 0 aromatic rings. The molecule has 1 saturated heterocycles. The minimum absolute atomic E-state index is 0.323. The van der Waals surface area contributed by atoms with Crippen LogP contribution in [0.4, 0.5) is 0 Å². The van der Waals surface area contributed by atoms with E-state index in [4.69, 9.17) is 37.9 Å². The molecule has 0 aromatic carbocycles. The highest BCUT2D eigenvalue weighted by molar-refractivity contribution is 5.67. The van der Waals surface area contributed by atoms with Crippen molar-refractivity contribution < 1.29 is 57.1 Å². The molecule has 0 bridgehead atoms. The van der Waals surface area contributed by atoms with Crippen molar-refractivity contribution in [2.45, 2.75) is 58.2 Å². The van der Waals surface area contributed by atoms with Crippen LogP contribution >= 0.6 is 0 Å². The molecular formula is C21H27O12. The van der Waals surface area contributed by atoms with Crippen molar-refractivity contribution in [3.63, 3.8) is 0 Å². The van der Waals surface area contributed by atoms with Crippen LogP contribution in [0.3, 0.4) is 0 Å². The number of rotatable bonds is 11. The molecule has 12 nitrogen and oxygen atoms in total. The fourth-order valence-corrected chi connectivity index (χ4v) is 2.75. The van der Waals surface area contributed by atoms with Gasteiger partial charge >= 0.3 is 23.9 Å². The molecule has 0 aliphatic carbocycles. The molecule has 0 spiro atoms. The summed E-state index contributed by atoms with van der Waals surface area (Å²) < 4.78 is 42.0. The highest BCUT2D eigenvalue weighted by Crippen LogP contribution is 2.32. The fraction of sp³-hybridized carbons (Fsp3) is 0.476. The van der Waals surface area contributed by atoms with Crippen LogP contribution in [0.5, 0.6) is 0 Å². The average Bonchev–Trinajstić information content (AvgIpc) is 2.63. The van der Waals surface area contributed by atoms with Gasteiger partial charge in [-0.1, -0.05) is 0 Å². The lowest BCUT2D eigenvalue weighted by Crippen LogP contribution is -2.60. The molecule has 12 heteroatoms. The summed E-state index contributed by atoms with van der Waals surface area (Å²) in [6, 6.07) is 0. The van der Waals surface area contributed by atoms with Gasteiger partial charge in [0.1, 0.15) is 12.7 Å². The van der Waals surface area contributed by atoms with Gasteiger partial charge in [0.25, 0.3) is 17.8 Å². The third-order valence-electron chi connectivity index (χ3n) is 3.76. The first-order valence-corrected chi connectivity index (χ1v) is 9.54. The van der Waals surface area contributed by atoms with E-state index in [1.54, 1.807) is 0 Å². The van der Waals surface area contributed by atoms with Gasteiger partial charge in [0.05, 0.1) is 6.10 Å². The zero-order valence-corrected chi connectivity index (χ0v) is 18.8. The lowest BCUT2D eigenvalue weighted by atomic mass is 9.95. The van der Waals surface area contributed by atoms with Crippen molar-refractivity contribution in [3.05, 3.63) is 44.5 Å². The topological polar surface area (TPSA) is 142 Å². The van der Waals surface area contributed by atoms with E-state index in [0.29, 0.717) is 0 Å². The maximum absolute atomic E-state index is 11.3. The van der Waals surface area contributed by atoms with Crippen LogP contribution < -0.4 is 0 Å². The summed E-state index contributed by atoms with van der Waals surface area (Å²) in [6.45, 7) is 18.5. The Morgan fingerprint density at radius 2 is 1.06 bits per heavy atom. The van der Waals surface area contributed by atoms with Gasteiger partial charge < -0.3 is 37.9 Å². The minimum Gasteiger partial charge on any atom is -0.463 e. The fourth-order valence-electron chi connectivity index (χ4n) is 2.75. The Hall–Kier alpha value is -3.54. The van der Waals surface area contributed by atoms with E-state index >= 15 is 0 Å². The van der Waals surface area contributed by atoms with E-state index in [9.17, 15) is 19.2 Å². The largest absolute Gasteiger partial charge is 0.463 e. The Kier molecular flexibility index (Phi) is 10.4. The molecule has 0 aromatic heterocycles. The number of carbonyl (C=O) groups is 4. The van der Waals surface area contributed by atoms with Crippen LogP contribution in [-0.4, -0.2) is 61.0 Å². The Morgan fingerprint density at radius 1 is 0.667 bits per heavy atom. The van der Waals surface area contributed by atoms with Gasteiger partial charge in [0, 0.05) is 27.7 Å². The quantitative estimate of drug-likeness (QED) is 0.244. The molecule has 1 fully saturated rings. The van der Waals surface area contributed by atoms with E-state index in [1.807, 2.05) is 0 Å². The lowest BCUT2D eigenvalue weighted by molar-refractivity contribution is -0.253. The van der Waals surface area contributed by atoms with Gasteiger partial charge in [0.15, 0.2) is 18.3 Å². The summed E-state index contributed by atoms with van der Waals surface area (Å²) >= 11 is 0. The van der Waals surface area contributed by atoms with Gasteiger partial charge in [-0.2, -0.15) is 0 Å². The molecule has 0 N–H and O–H groups in total. The number of ether oxygens (including phenoxy) is 8. The monoisotopic (exact) mass is 471 g/mol.